The number of hydrogen-bond donors (Lipinski definition) is 2. The van der Waals surface area contributed by atoms with Crippen molar-refractivity contribution in [2.75, 3.05) is 13.1 Å². The molecule has 3 aromatic rings. The van der Waals surface area contributed by atoms with Crippen LogP contribution < -0.4 is 10.6 Å². The molecule has 1 unspecified atom stereocenters. The highest BCUT2D eigenvalue weighted by molar-refractivity contribution is 14.0. The zero-order chi connectivity index (χ0) is 21.5. The number of aliphatic imine (C=N–C) groups is 1. The molecule has 172 valence electrons. The number of nitrogens with zero attached hydrogens (tertiary/aromatic N) is 4. The van der Waals surface area contributed by atoms with Gasteiger partial charge in [-0.1, -0.05) is 48.9 Å². The van der Waals surface area contributed by atoms with Crippen LogP contribution in [-0.2, 0) is 19.4 Å². The lowest BCUT2D eigenvalue weighted by Gasteiger charge is -2.20. The van der Waals surface area contributed by atoms with E-state index in [4.69, 9.17) is 4.99 Å². The van der Waals surface area contributed by atoms with Crippen molar-refractivity contribution in [2.24, 2.45) is 4.99 Å². The normalized spacial score (nSPS) is 14.9. The summed E-state index contributed by atoms with van der Waals surface area (Å²) in [6.45, 7) is 6.96. The molecule has 0 amide bonds. The first-order valence-electron chi connectivity index (χ1n) is 11.7. The number of aromatic nitrogens is 3. The monoisotopic (exact) mass is 546 g/mol. The molecular weight excluding hydrogens is 511 g/mol. The van der Waals surface area contributed by atoms with Crippen molar-refractivity contribution < 1.29 is 0 Å². The summed E-state index contributed by atoms with van der Waals surface area (Å²) in [4.78, 5) is 4.83. The molecular formula is C25H35IN6. The predicted octanol–water partition coefficient (Wildman–Crippen LogP) is 5.02. The summed E-state index contributed by atoms with van der Waals surface area (Å²) in [7, 11) is 0. The third kappa shape index (κ3) is 5.99. The molecule has 1 aromatic heterocycles. The fourth-order valence-corrected chi connectivity index (χ4v) is 4.39. The number of guanidine groups is 1. The van der Waals surface area contributed by atoms with Crippen LogP contribution in [0.4, 0.5) is 0 Å². The van der Waals surface area contributed by atoms with Crippen LogP contribution in [0.3, 0.4) is 0 Å². The third-order valence-corrected chi connectivity index (χ3v) is 6.00. The molecule has 0 bridgehead atoms. The summed E-state index contributed by atoms with van der Waals surface area (Å²) in [6, 6.07) is 15.2. The van der Waals surface area contributed by atoms with Gasteiger partial charge in [0.2, 0.25) is 0 Å². The number of benzene rings is 2. The summed E-state index contributed by atoms with van der Waals surface area (Å²) in [5, 5.41) is 18.4. The minimum absolute atomic E-state index is 0. The summed E-state index contributed by atoms with van der Waals surface area (Å²) < 4.78 is 2.34. The highest BCUT2D eigenvalue weighted by Gasteiger charge is 2.14. The van der Waals surface area contributed by atoms with E-state index in [0.29, 0.717) is 0 Å². The fourth-order valence-electron chi connectivity index (χ4n) is 4.39. The molecule has 2 N–H and O–H groups in total. The van der Waals surface area contributed by atoms with E-state index in [9.17, 15) is 0 Å². The number of aryl methyl sites for hydroxylation is 2. The van der Waals surface area contributed by atoms with Gasteiger partial charge in [0, 0.05) is 32.5 Å². The Morgan fingerprint density at radius 1 is 1.09 bits per heavy atom. The zero-order valence-electron chi connectivity index (χ0n) is 19.2. The number of halogens is 1. The van der Waals surface area contributed by atoms with Gasteiger partial charge in [0.1, 0.15) is 11.6 Å². The second kappa shape index (κ2) is 12.2. The fraction of sp³-hybridized carbons (Fsp3) is 0.480. The van der Waals surface area contributed by atoms with Crippen LogP contribution in [-0.4, -0.2) is 33.8 Å². The van der Waals surface area contributed by atoms with E-state index in [0.717, 1.165) is 56.5 Å². The van der Waals surface area contributed by atoms with Crippen molar-refractivity contribution in [3.63, 3.8) is 0 Å². The number of nitrogens with one attached hydrogen (secondary N) is 2. The quantitative estimate of drug-likeness (QED) is 0.189. The van der Waals surface area contributed by atoms with Crippen LogP contribution in [0.15, 0.2) is 47.5 Å². The molecule has 0 aliphatic carbocycles. The molecule has 1 atom stereocenters. The molecule has 0 fully saturated rings. The van der Waals surface area contributed by atoms with Gasteiger partial charge in [-0.15, -0.1) is 34.2 Å². The molecule has 4 rings (SSSR count). The molecule has 7 heteroatoms. The average Bonchev–Trinajstić information content (AvgIpc) is 3.01. The number of rotatable bonds is 7. The molecule has 0 spiro atoms. The molecule has 2 heterocycles. The SMILES string of the molecule is CCNC(=NCCCc1nnc2n1CCCCC2)NC(C)c1cccc2ccccc12.I. The standard InChI is InChI=1S/C25H34N6.HI/c1-3-26-25(28-19(2)21-14-9-12-20-11-6-7-13-22(20)21)27-17-10-16-24-30-29-23-15-5-4-8-18-31(23)24;/h6-7,9,11-14,19H,3-5,8,10,15-18H2,1-2H3,(H2,26,27,28);1H. The van der Waals surface area contributed by atoms with Gasteiger partial charge in [0.05, 0.1) is 6.04 Å². The highest BCUT2D eigenvalue weighted by atomic mass is 127. The molecule has 0 saturated heterocycles. The Labute approximate surface area is 208 Å². The minimum Gasteiger partial charge on any atom is -0.357 e. The predicted molar refractivity (Wildman–Crippen MR) is 143 cm³/mol. The number of fused-ring (bicyclic) bond motifs is 2. The van der Waals surface area contributed by atoms with Crippen LogP contribution in [0.1, 0.15) is 62.8 Å². The smallest absolute Gasteiger partial charge is 0.191 e. The van der Waals surface area contributed by atoms with Gasteiger partial charge in [-0.3, -0.25) is 4.99 Å². The Balaban J connectivity index is 0.00000289. The molecule has 32 heavy (non-hydrogen) atoms. The number of hydrogen-bond acceptors (Lipinski definition) is 3. The van der Waals surface area contributed by atoms with Gasteiger partial charge in [-0.25, -0.2) is 0 Å². The van der Waals surface area contributed by atoms with Crippen molar-refractivity contribution in [3.05, 3.63) is 59.7 Å². The molecule has 6 nitrogen and oxygen atoms in total. The Morgan fingerprint density at radius 3 is 2.81 bits per heavy atom. The maximum atomic E-state index is 4.83. The maximum absolute atomic E-state index is 4.83. The first-order valence-corrected chi connectivity index (χ1v) is 11.7. The largest absolute Gasteiger partial charge is 0.357 e. The van der Waals surface area contributed by atoms with E-state index in [2.05, 4.69) is 81.7 Å². The van der Waals surface area contributed by atoms with E-state index in [1.807, 2.05) is 0 Å². The highest BCUT2D eigenvalue weighted by Crippen LogP contribution is 2.24. The minimum atomic E-state index is 0. The Kier molecular flexibility index (Phi) is 9.32. The lowest BCUT2D eigenvalue weighted by Crippen LogP contribution is -2.38. The van der Waals surface area contributed by atoms with E-state index in [-0.39, 0.29) is 30.0 Å². The van der Waals surface area contributed by atoms with Crippen molar-refractivity contribution in [1.82, 2.24) is 25.4 Å². The zero-order valence-corrected chi connectivity index (χ0v) is 21.5. The van der Waals surface area contributed by atoms with Crippen molar-refractivity contribution in [1.29, 1.82) is 0 Å². The van der Waals surface area contributed by atoms with Crippen LogP contribution in [0, 0.1) is 0 Å². The van der Waals surface area contributed by atoms with Crippen molar-refractivity contribution in [2.45, 2.75) is 65.0 Å². The molecule has 2 aromatic carbocycles. The Hall–Kier alpha value is -2.16. The lowest BCUT2D eigenvalue weighted by molar-refractivity contribution is 0.597. The van der Waals surface area contributed by atoms with Gasteiger partial charge in [0.25, 0.3) is 0 Å². The van der Waals surface area contributed by atoms with E-state index in [1.165, 1.54) is 35.6 Å². The second-order valence-corrected chi connectivity index (χ2v) is 8.29. The summed E-state index contributed by atoms with van der Waals surface area (Å²) in [5.74, 6) is 3.15. The van der Waals surface area contributed by atoms with E-state index >= 15 is 0 Å². The van der Waals surface area contributed by atoms with Gasteiger partial charge >= 0.3 is 0 Å². The molecule has 0 saturated carbocycles. The first-order chi connectivity index (χ1) is 15.3. The van der Waals surface area contributed by atoms with Crippen molar-refractivity contribution in [3.8, 4) is 0 Å². The second-order valence-electron chi connectivity index (χ2n) is 8.29. The van der Waals surface area contributed by atoms with Crippen LogP contribution in [0.25, 0.3) is 10.8 Å². The van der Waals surface area contributed by atoms with Crippen molar-refractivity contribution >= 4 is 40.7 Å². The molecule has 1 aliphatic heterocycles. The average molecular weight is 547 g/mol. The van der Waals surface area contributed by atoms with Gasteiger partial charge in [-0.05, 0) is 49.4 Å². The van der Waals surface area contributed by atoms with Crippen LogP contribution >= 0.6 is 24.0 Å². The Morgan fingerprint density at radius 2 is 1.94 bits per heavy atom. The van der Waals surface area contributed by atoms with Gasteiger partial charge < -0.3 is 15.2 Å². The van der Waals surface area contributed by atoms with E-state index in [1.54, 1.807) is 0 Å². The van der Waals surface area contributed by atoms with Crippen LogP contribution in [0.2, 0.25) is 0 Å². The first kappa shape index (κ1) is 24.5. The topological polar surface area (TPSA) is 67.1 Å². The Bertz CT molecular complexity index is 1020. The molecule has 1 aliphatic rings. The third-order valence-electron chi connectivity index (χ3n) is 6.00. The lowest BCUT2D eigenvalue weighted by atomic mass is 10.00. The summed E-state index contributed by atoms with van der Waals surface area (Å²) in [6.07, 6.45) is 6.71. The van der Waals surface area contributed by atoms with E-state index < -0.39 is 0 Å². The van der Waals surface area contributed by atoms with Gasteiger partial charge in [-0.2, -0.15) is 0 Å². The summed E-state index contributed by atoms with van der Waals surface area (Å²) in [5.41, 5.74) is 1.29. The maximum Gasteiger partial charge on any atom is 0.191 e. The van der Waals surface area contributed by atoms with Crippen LogP contribution in [0.5, 0.6) is 0 Å². The summed E-state index contributed by atoms with van der Waals surface area (Å²) >= 11 is 0. The van der Waals surface area contributed by atoms with Gasteiger partial charge in [0.15, 0.2) is 5.96 Å². The molecule has 0 radical (unpaired) electrons.